The highest BCUT2D eigenvalue weighted by molar-refractivity contribution is 6.00. The van der Waals surface area contributed by atoms with Crippen molar-refractivity contribution in [2.24, 2.45) is 0 Å². The number of carbonyl (C=O) groups excluding carboxylic acids is 1. The van der Waals surface area contributed by atoms with E-state index in [0.717, 1.165) is 40.8 Å². The van der Waals surface area contributed by atoms with Crippen molar-refractivity contribution < 1.29 is 18.7 Å². The second-order valence-electron chi connectivity index (χ2n) is 9.03. The summed E-state index contributed by atoms with van der Waals surface area (Å²) >= 11 is 0. The zero-order valence-corrected chi connectivity index (χ0v) is 21.0. The monoisotopic (exact) mass is 499 g/mol. The summed E-state index contributed by atoms with van der Waals surface area (Å²) in [5.74, 6) is 0.863. The molecule has 1 aliphatic heterocycles. The number of aromatic amines is 1. The minimum absolute atomic E-state index is 0.153. The zero-order valence-electron chi connectivity index (χ0n) is 21.0. The van der Waals surface area contributed by atoms with Crippen molar-refractivity contribution in [1.82, 2.24) is 15.1 Å². The molecule has 5 rings (SSSR count). The number of amides is 1. The summed E-state index contributed by atoms with van der Waals surface area (Å²) in [4.78, 5) is 15.5. The Hall–Kier alpha value is -4.13. The lowest BCUT2D eigenvalue weighted by molar-refractivity contribution is 0.0729. The van der Waals surface area contributed by atoms with E-state index >= 15 is 0 Å². The van der Waals surface area contributed by atoms with Crippen LogP contribution in [0.5, 0.6) is 11.5 Å². The minimum atomic E-state index is -0.412. The molecule has 7 heteroatoms. The number of carbonyl (C=O) groups is 1. The summed E-state index contributed by atoms with van der Waals surface area (Å²) < 4.78 is 25.5. The highest BCUT2D eigenvalue weighted by Gasteiger charge is 2.42. The number of halogens is 1. The van der Waals surface area contributed by atoms with Crippen molar-refractivity contribution in [3.63, 3.8) is 0 Å². The molecule has 1 unspecified atom stereocenters. The SMILES string of the molecule is CCCCOc1ccc(C2c3c(-c4ccccc4)n[nH]c3C(=O)N2Cc2ccc(F)cc2)cc1OCC. The van der Waals surface area contributed by atoms with Crippen LogP contribution >= 0.6 is 0 Å². The summed E-state index contributed by atoms with van der Waals surface area (Å²) in [5, 5.41) is 7.52. The Kier molecular flexibility index (Phi) is 7.21. The molecule has 0 spiro atoms. The smallest absolute Gasteiger partial charge is 0.273 e. The van der Waals surface area contributed by atoms with Gasteiger partial charge in [-0.25, -0.2) is 4.39 Å². The maximum absolute atomic E-state index is 13.7. The maximum Gasteiger partial charge on any atom is 0.273 e. The van der Waals surface area contributed by atoms with Gasteiger partial charge in [-0.3, -0.25) is 9.89 Å². The molecule has 3 aromatic carbocycles. The van der Waals surface area contributed by atoms with Gasteiger partial charge < -0.3 is 14.4 Å². The van der Waals surface area contributed by atoms with Crippen molar-refractivity contribution in [2.45, 2.75) is 39.3 Å². The number of H-pyrrole nitrogens is 1. The van der Waals surface area contributed by atoms with E-state index in [0.29, 0.717) is 37.0 Å². The summed E-state index contributed by atoms with van der Waals surface area (Å²) in [6.07, 6.45) is 1.99. The fraction of sp³-hybridized carbons (Fsp3) is 0.267. The first kappa shape index (κ1) is 24.6. The average Bonchev–Trinajstić information content (AvgIpc) is 3.46. The van der Waals surface area contributed by atoms with Crippen LogP contribution in [0.25, 0.3) is 11.3 Å². The number of nitrogens with one attached hydrogen (secondary N) is 1. The molecule has 2 heterocycles. The molecule has 0 bridgehead atoms. The van der Waals surface area contributed by atoms with Crippen LogP contribution < -0.4 is 9.47 Å². The van der Waals surface area contributed by atoms with E-state index in [1.54, 1.807) is 17.0 Å². The van der Waals surface area contributed by atoms with Crippen LogP contribution in [0.4, 0.5) is 4.39 Å². The van der Waals surface area contributed by atoms with Crippen molar-refractivity contribution in [3.05, 3.63) is 101 Å². The van der Waals surface area contributed by atoms with Crippen LogP contribution in [0.2, 0.25) is 0 Å². The number of aromatic nitrogens is 2. The van der Waals surface area contributed by atoms with Crippen molar-refractivity contribution in [2.75, 3.05) is 13.2 Å². The van der Waals surface area contributed by atoms with Gasteiger partial charge in [-0.15, -0.1) is 0 Å². The molecule has 6 nitrogen and oxygen atoms in total. The molecule has 1 amide bonds. The first-order valence-electron chi connectivity index (χ1n) is 12.7. The normalized spacial score (nSPS) is 14.6. The Bertz CT molecular complexity index is 1370. The number of benzene rings is 3. The van der Waals surface area contributed by atoms with Crippen molar-refractivity contribution >= 4 is 5.91 Å². The van der Waals surface area contributed by atoms with E-state index in [4.69, 9.17) is 9.47 Å². The van der Waals surface area contributed by atoms with Gasteiger partial charge in [0.15, 0.2) is 11.5 Å². The van der Waals surface area contributed by atoms with E-state index < -0.39 is 6.04 Å². The maximum atomic E-state index is 13.7. The van der Waals surface area contributed by atoms with E-state index in [1.807, 2.05) is 55.5 Å². The lowest BCUT2D eigenvalue weighted by atomic mass is 9.95. The van der Waals surface area contributed by atoms with Crippen LogP contribution in [0.15, 0.2) is 72.8 Å². The Morgan fingerprint density at radius 2 is 1.76 bits per heavy atom. The largest absolute Gasteiger partial charge is 0.490 e. The summed E-state index contributed by atoms with van der Waals surface area (Å²) in [6.45, 7) is 5.47. The number of hydrogen-bond donors (Lipinski definition) is 1. The third-order valence-corrected chi connectivity index (χ3v) is 6.52. The topological polar surface area (TPSA) is 67.5 Å². The second-order valence-corrected chi connectivity index (χ2v) is 9.03. The molecule has 1 atom stereocenters. The van der Waals surface area contributed by atoms with Gasteiger partial charge in [0.2, 0.25) is 0 Å². The summed E-state index contributed by atoms with van der Waals surface area (Å²) in [5.41, 5.74) is 4.66. The van der Waals surface area contributed by atoms with Crippen molar-refractivity contribution in [3.8, 4) is 22.8 Å². The molecular weight excluding hydrogens is 469 g/mol. The Morgan fingerprint density at radius 3 is 2.49 bits per heavy atom. The summed E-state index contributed by atoms with van der Waals surface area (Å²) in [7, 11) is 0. The molecule has 0 saturated carbocycles. The second kappa shape index (κ2) is 10.9. The van der Waals surface area contributed by atoms with E-state index in [1.165, 1.54) is 12.1 Å². The third kappa shape index (κ3) is 4.94. The molecule has 0 radical (unpaired) electrons. The number of ether oxygens (including phenoxy) is 2. The Labute approximate surface area is 216 Å². The van der Waals surface area contributed by atoms with Gasteiger partial charge in [-0.1, -0.05) is 61.9 Å². The van der Waals surface area contributed by atoms with Gasteiger partial charge in [0.1, 0.15) is 11.5 Å². The van der Waals surface area contributed by atoms with Crippen LogP contribution in [-0.4, -0.2) is 34.2 Å². The molecule has 37 heavy (non-hydrogen) atoms. The average molecular weight is 500 g/mol. The molecule has 0 aliphatic carbocycles. The third-order valence-electron chi connectivity index (χ3n) is 6.52. The van der Waals surface area contributed by atoms with Crippen LogP contribution in [-0.2, 0) is 6.54 Å². The molecule has 0 fully saturated rings. The minimum Gasteiger partial charge on any atom is -0.490 e. The number of nitrogens with zero attached hydrogens (tertiary/aromatic N) is 2. The number of unbranched alkanes of at least 4 members (excludes halogenated alkanes) is 1. The van der Waals surface area contributed by atoms with Gasteiger partial charge >= 0.3 is 0 Å². The highest BCUT2D eigenvalue weighted by atomic mass is 19.1. The fourth-order valence-corrected chi connectivity index (χ4v) is 4.72. The molecule has 1 N–H and O–H groups in total. The summed E-state index contributed by atoms with van der Waals surface area (Å²) in [6, 6.07) is 21.5. The first-order chi connectivity index (χ1) is 18.1. The zero-order chi connectivity index (χ0) is 25.8. The van der Waals surface area contributed by atoms with Gasteiger partial charge in [0.05, 0.1) is 24.9 Å². The fourth-order valence-electron chi connectivity index (χ4n) is 4.72. The van der Waals surface area contributed by atoms with Gasteiger partial charge in [0, 0.05) is 17.7 Å². The molecular formula is C30H30FN3O3. The predicted molar refractivity (Wildman–Crippen MR) is 140 cm³/mol. The predicted octanol–water partition coefficient (Wildman–Crippen LogP) is 6.54. The molecule has 1 aliphatic rings. The molecule has 190 valence electrons. The van der Waals surface area contributed by atoms with Crippen LogP contribution in [0.1, 0.15) is 59.9 Å². The lowest BCUT2D eigenvalue weighted by Gasteiger charge is -2.27. The first-order valence-corrected chi connectivity index (χ1v) is 12.7. The van der Waals surface area contributed by atoms with E-state index in [2.05, 4.69) is 17.1 Å². The van der Waals surface area contributed by atoms with Crippen LogP contribution in [0.3, 0.4) is 0 Å². The molecule has 1 aromatic heterocycles. The standard InChI is InChI=1S/C30H30FN3O3/c1-3-5-17-37-24-16-13-22(18-25(24)36-4-2)29-26-27(21-9-7-6-8-10-21)32-33-28(26)30(35)34(29)19-20-11-14-23(31)15-12-20/h6-16,18,29H,3-5,17,19H2,1-2H3,(H,32,33). The quantitative estimate of drug-likeness (QED) is 0.252. The van der Waals surface area contributed by atoms with Gasteiger partial charge in [-0.05, 0) is 48.7 Å². The highest BCUT2D eigenvalue weighted by Crippen LogP contribution is 2.45. The van der Waals surface area contributed by atoms with Gasteiger partial charge in [-0.2, -0.15) is 5.10 Å². The van der Waals surface area contributed by atoms with E-state index in [-0.39, 0.29) is 11.7 Å². The van der Waals surface area contributed by atoms with Gasteiger partial charge in [0.25, 0.3) is 5.91 Å². The Morgan fingerprint density at radius 1 is 0.973 bits per heavy atom. The number of hydrogen-bond acceptors (Lipinski definition) is 4. The lowest BCUT2D eigenvalue weighted by Crippen LogP contribution is -2.29. The molecule has 4 aromatic rings. The van der Waals surface area contributed by atoms with Crippen molar-refractivity contribution in [1.29, 1.82) is 0 Å². The van der Waals surface area contributed by atoms with Crippen LogP contribution in [0, 0.1) is 5.82 Å². The van der Waals surface area contributed by atoms with E-state index in [9.17, 15) is 9.18 Å². The molecule has 0 saturated heterocycles. The Balaban J connectivity index is 1.60. The number of rotatable bonds is 10. The number of fused-ring (bicyclic) bond motifs is 1.